The monoisotopic (exact) mass is 1070 g/mol. The van der Waals surface area contributed by atoms with Crippen LogP contribution in [-0.4, -0.2) is 73.4 Å². The number of carbonyl (C=O) groups is 1. The number of hydrogen-bond donors (Lipinski definition) is 3. The van der Waals surface area contributed by atoms with Crippen LogP contribution >= 0.6 is 7.82 Å². The molecule has 0 spiro atoms. The molecule has 0 aliphatic heterocycles. The molecule has 3 unspecified atom stereocenters. The predicted octanol–water partition coefficient (Wildman–Crippen LogP) is 19.4. The molecule has 0 aromatic heterocycles. The Balaban J connectivity index is 4.00. The van der Waals surface area contributed by atoms with Gasteiger partial charge in [0.15, 0.2) is 0 Å². The minimum absolute atomic E-state index is 0.0721. The van der Waals surface area contributed by atoms with Crippen LogP contribution < -0.4 is 5.32 Å². The summed E-state index contributed by atoms with van der Waals surface area (Å²) in [5, 5.41) is 14.1. The van der Waals surface area contributed by atoms with Crippen molar-refractivity contribution >= 4 is 13.7 Å². The summed E-state index contributed by atoms with van der Waals surface area (Å²) in [5.74, 6) is -0.147. The molecule has 0 fully saturated rings. The van der Waals surface area contributed by atoms with Gasteiger partial charge in [0.1, 0.15) is 13.2 Å². The Kier molecular flexibility index (Phi) is 54.2. The number of quaternary nitrogens is 1. The predicted molar refractivity (Wildman–Crippen MR) is 327 cm³/mol. The molecule has 1 amide bonds. The zero-order chi connectivity index (χ0) is 54.9. The molecule has 0 saturated carbocycles. The SMILES string of the molecule is CC/C=C\C/C=C\C/C=C\C/C=C\C/C=C\C/C=C\C/C=C\C/C=C\CCCCCCCCCCCCCCCCC(=O)NC(COP(=O)(O)OCC[N+](C)(C)C)C(O)CCCCCCCCCCCCCCCC. The van der Waals surface area contributed by atoms with E-state index >= 15 is 0 Å². The molecule has 0 saturated heterocycles. The highest BCUT2D eigenvalue weighted by Gasteiger charge is 2.28. The number of hydrogen-bond acceptors (Lipinski definition) is 5. The molecular formula is C66H120N2O6P+. The van der Waals surface area contributed by atoms with Gasteiger partial charge in [-0.25, -0.2) is 4.57 Å². The number of aliphatic hydroxyl groups is 1. The van der Waals surface area contributed by atoms with Crippen molar-refractivity contribution in [2.45, 2.75) is 276 Å². The first-order valence-corrected chi connectivity index (χ1v) is 32.6. The van der Waals surface area contributed by atoms with Crippen molar-refractivity contribution in [3.05, 3.63) is 97.2 Å². The fourth-order valence-corrected chi connectivity index (χ4v) is 9.51. The van der Waals surface area contributed by atoms with Gasteiger partial charge in [-0.05, 0) is 77.0 Å². The summed E-state index contributed by atoms with van der Waals surface area (Å²) in [6.07, 6.45) is 80.5. The fourth-order valence-electron chi connectivity index (χ4n) is 8.77. The van der Waals surface area contributed by atoms with Crippen molar-refractivity contribution in [2.24, 2.45) is 0 Å². The van der Waals surface area contributed by atoms with E-state index in [4.69, 9.17) is 9.05 Å². The third-order valence-electron chi connectivity index (χ3n) is 13.6. The highest BCUT2D eigenvalue weighted by atomic mass is 31.2. The lowest BCUT2D eigenvalue weighted by Crippen LogP contribution is -2.46. The Morgan fingerprint density at radius 3 is 1.17 bits per heavy atom. The first-order chi connectivity index (χ1) is 36.5. The third-order valence-corrected chi connectivity index (χ3v) is 14.6. The molecule has 3 N–H and O–H groups in total. The Bertz CT molecular complexity index is 1540. The van der Waals surface area contributed by atoms with Gasteiger partial charge in [-0.3, -0.25) is 13.8 Å². The van der Waals surface area contributed by atoms with Crippen molar-refractivity contribution in [3.8, 4) is 0 Å². The minimum Gasteiger partial charge on any atom is -0.391 e. The second-order valence-electron chi connectivity index (χ2n) is 22.1. The molecule has 0 aromatic rings. The van der Waals surface area contributed by atoms with Crippen LogP contribution in [0.2, 0.25) is 0 Å². The number of nitrogens with zero attached hydrogens (tertiary/aromatic N) is 1. The van der Waals surface area contributed by atoms with Crippen LogP contribution in [0.15, 0.2) is 97.2 Å². The third kappa shape index (κ3) is 58.9. The molecule has 75 heavy (non-hydrogen) atoms. The minimum atomic E-state index is -4.33. The van der Waals surface area contributed by atoms with E-state index in [1.165, 1.54) is 148 Å². The normalized spacial score (nSPS) is 14.5. The lowest BCUT2D eigenvalue weighted by molar-refractivity contribution is -0.870. The van der Waals surface area contributed by atoms with Crippen molar-refractivity contribution in [3.63, 3.8) is 0 Å². The number of carbonyl (C=O) groups excluding carboxylic acids is 1. The summed E-state index contributed by atoms with van der Waals surface area (Å²) in [6.45, 7) is 4.78. The number of aliphatic hydroxyl groups excluding tert-OH is 1. The second-order valence-corrected chi connectivity index (χ2v) is 23.5. The van der Waals surface area contributed by atoms with E-state index in [2.05, 4.69) is 116 Å². The van der Waals surface area contributed by atoms with Gasteiger partial charge in [0, 0.05) is 6.42 Å². The number of nitrogens with one attached hydrogen (secondary N) is 1. The van der Waals surface area contributed by atoms with Crippen LogP contribution in [0.5, 0.6) is 0 Å². The van der Waals surface area contributed by atoms with E-state index in [1.54, 1.807) is 0 Å². The van der Waals surface area contributed by atoms with Gasteiger partial charge in [-0.2, -0.15) is 0 Å². The quantitative estimate of drug-likeness (QED) is 0.0243. The molecule has 8 nitrogen and oxygen atoms in total. The number of amides is 1. The van der Waals surface area contributed by atoms with E-state index < -0.39 is 20.0 Å². The zero-order valence-electron chi connectivity index (χ0n) is 49.5. The summed E-state index contributed by atoms with van der Waals surface area (Å²) in [4.78, 5) is 23.3. The highest BCUT2D eigenvalue weighted by molar-refractivity contribution is 7.47. The second kappa shape index (κ2) is 56.2. The smallest absolute Gasteiger partial charge is 0.391 e. The number of rotatable bonds is 56. The number of phosphoric ester groups is 1. The summed E-state index contributed by atoms with van der Waals surface area (Å²) < 4.78 is 23.8. The Hall–Kier alpha value is -2.58. The van der Waals surface area contributed by atoms with Gasteiger partial charge in [0.05, 0.1) is 39.9 Å². The molecule has 0 heterocycles. The van der Waals surface area contributed by atoms with Gasteiger partial charge in [0.25, 0.3) is 0 Å². The van der Waals surface area contributed by atoms with Gasteiger partial charge in [0.2, 0.25) is 5.91 Å². The number of likely N-dealkylation sites (N-methyl/N-ethyl adjacent to an activating group) is 1. The summed E-state index contributed by atoms with van der Waals surface area (Å²) in [7, 11) is 1.61. The molecule has 0 rings (SSSR count). The van der Waals surface area contributed by atoms with Crippen molar-refractivity contribution < 1.29 is 32.9 Å². The molecule has 0 bridgehead atoms. The Morgan fingerprint density at radius 1 is 0.467 bits per heavy atom. The molecule has 0 radical (unpaired) electrons. The van der Waals surface area contributed by atoms with Crippen LogP contribution in [-0.2, 0) is 18.4 Å². The van der Waals surface area contributed by atoms with Gasteiger partial charge < -0.3 is 19.8 Å². The lowest BCUT2D eigenvalue weighted by Gasteiger charge is -2.26. The van der Waals surface area contributed by atoms with E-state index in [1.807, 2.05) is 21.1 Å². The first-order valence-electron chi connectivity index (χ1n) is 31.1. The van der Waals surface area contributed by atoms with E-state index in [0.717, 1.165) is 89.9 Å². The molecule has 9 heteroatoms. The standard InChI is InChI=1S/C66H119N2O6P/c1-6-8-10-12-14-16-18-20-22-23-24-25-26-27-28-29-30-31-32-33-34-35-36-37-38-39-40-41-42-43-44-45-46-48-50-52-54-56-58-60-66(70)67-64(63-74-75(71,72)73-62-61-68(3,4)5)65(69)59-57-55-53-51-49-47-21-19-17-15-13-11-9-7-2/h8,10,14,16,20,22,24-25,27-28,30-31,33-34,36-37,64-65,69H,6-7,9,11-13,15,17-19,21,23,26,29,32,35,38-63H2,1-5H3,(H-,67,70,71,72)/p+1/b10-8-,16-14-,22-20-,25-24-,28-27-,31-30-,34-33-,37-36-. The number of unbranched alkanes of at least 4 members (excludes halogenated alkanes) is 27. The van der Waals surface area contributed by atoms with Crippen LogP contribution in [0.4, 0.5) is 0 Å². The number of phosphoric acid groups is 1. The highest BCUT2D eigenvalue weighted by Crippen LogP contribution is 2.43. The molecular weight excluding hydrogens is 948 g/mol. The van der Waals surface area contributed by atoms with Gasteiger partial charge >= 0.3 is 7.82 Å². The molecule has 0 aliphatic carbocycles. The van der Waals surface area contributed by atoms with Gasteiger partial charge in [-0.15, -0.1) is 0 Å². The molecule has 3 atom stereocenters. The van der Waals surface area contributed by atoms with Crippen molar-refractivity contribution in [1.29, 1.82) is 0 Å². The topological polar surface area (TPSA) is 105 Å². The Morgan fingerprint density at radius 2 is 0.800 bits per heavy atom. The first kappa shape index (κ1) is 72.4. The van der Waals surface area contributed by atoms with Crippen LogP contribution in [0, 0.1) is 0 Å². The molecule has 0 aromatic carbocycles. The van der Waals surface area contributed by atoms with Crippen LogP contribution in [0.1, 0.15) is 264 Å². The Labute approximate surface area is 464 Å². The molecule has 0 aliphatic rings. The number of allylic oxidation sites excluding steroid dienone is 16. The van der Waals surface area contributed by atoms with E-state index in [9.17, 15) is 19.4 Å². The van der Waals surface area contributed by atoms with Crippen molar-refractivity contribution in [1.82, 2.24) is 5.32 Å². The van der Waals surface area contributed by atoms with Crippen LogP contribution in [0.3, 0.4) is 0 Å². The zero-order valence-corrected chi connectivity index (χ0v) is 50.4. The van der Waals surface area contributed by atoms with Crippen LogP contribution in [0.25, 0.3) is 0 Å². The van der Waals surface area contributed by atoms with E-state index in [-0.39, 0.29) is 19.1 Å². The lowest BCUT2D eigenvalue weighted by atomic mass is 10.0. The summed E-state index contributed by atoms with van der Waals surface area (Å²) >= 11 is 0. The average molecular weight is 1070 g/mol. The van der Waals surface area contributed by atoms with Gasteiger partial charge in [-0.1, -0.05) is 278 Å². The molecule has 434 valence electrons. The maximum atomic E-state index is 13.0. The summed E-state index contributed by atoms with van der Waals surface area (Å²) in [5.41, 5.74) is 0. The average Bonchev–Trinajstić information content (AvgIpc) is 3.37. The summed E-state index contributed by atoms with van der Waals surface area (Å²) in [6, 6.07) is -0.765. The largest absolute Gasteiger partial charge is 0.472 e. The maximum Gasteiger partial charge on any atom is 0.472 e. The van der Waals surface area contributed by atoms with E-state index in [0.29, 0.717) is 23.9 Å². The van der Waals surface area contributed by atoms with Crippen molar-refractivity contribution in [2.75, 3.05) is 40.9 Å². The maximum absolute atomic E-state index is 13.0. The fraction of sp³-hybridized carbons (Fsp3) is 0.742.